The molecule has 0 aromatic heterocycles. The van der Waals surface area contributed by atoms with Crippen LogP contribution in [-0.2, 0) is 9.47 Å². The van der Waals surface area contributed by atoms with Crippen molar-refractivity contribution in [1.82, 2.24) is 10.0 Å². The first-order chi connectivity index (χ1) is 15.6. The van der Waals surface area contributed by atoms with Crippen molar-refractivity contribution in [3.05, 3.63) is 0 Å². The van der Waals surface area contributed by atoms with Gasteiger partial charge in [0.25, 0.3) is 0 Å². The molecule has 1 amide bonds. The molecule has 190 valence electrons. The molecule has 0 N–H and O–H groups in total. The van der Waals surface area contributed by atoms with Crippen LogP contribution in [0.3, 0.4) is 0 Å². The number of ether oxygens (including phenoxy) is 2. The van der Waals surface area contributed by atoms with Crippen LogP contribution in [0.4, 0.5) is 4.79 Å². The molecule has 1 saturated heterocycles. The summed E-state index contributed by atoms with van der Waals surface area (Å²) in [6.07, 6.45) is 21.4. The molecule has 0 aromatic carbocycles. The monoisotopic (exact) mass is 454 g/mol. The SMILES string of the molecule is CCCCCCCCCCCCCCCCCCN(C(=O)OCC)N1CCOC1C(C)C. The predicted octanol–water partition coefficient (Wildman–Crippen LogP) is 7.94. The Morgan fingerprint density at radius 3 is 1.75 bits per heavy atom. The molecule has 0 radical (unpaired) electrons. The van der Waals surface area contributed by atoms with Gasteiger partial charge in [-0.3, -0.25) is 0 Å². The van der Waals surface area contributed by atoms with Gasteiger partial charge in [0.2, 0.25) is 0 Å². The second-order valence-electron chi connectivity index (χ2n) is 9.79. The summed E-state index contributed by atoms with van der Waals surface area (Å²) in [7, 11) is 0. The lowest BCUT2D eigenvalue weighted by Crippen LogP contribution is -2.51. The summed E-state index contributed by atoms with van der Waals surface area (Å²) in [5.74, 6) is 0.347. The smallest absolute Gasteiger partial charge is 0.424 e. The molecule has 1 heterocycles. The standard InChI is InChI=1S/C27H54N2O3/c1-5-7-8-9-10-11-12-13-14-15-16-17-18-19-20-21-22-29(27(30)31-6-2)28-23-24-32-26(28)25(3)4/h25-26H,5-24H2,1-4H3. The van der Waals surface area contributed by atoms with Gasteiger partial charge in [-0.15, -0.1) is 0 Å². The van der Waals surface area contributed by atoms with Gasteiger partial charge in [0.05, 0.1) is 13.2 Å². The number of carbonyl (C=O) groups is 1. The second kappa shape index (κ2) is 19.6. The minimum atomic E-state index is -0.232. The highest BCUT2D eigenvalue weighted by molar-refractivity contribution is 5.67. The van der Waals surface area contributed by atoms with Crippen LogP contribution < -0.4 is 0 Å². The molecule has 32 heavy (non-hydrogen) atoms. The van der Waals surface area contributed by atoms with Crippen molar-refractivity contribution < 1.29 is 14.3 Å². The molecule has 0 saturated carbocycles. The van der Waals surface area contributed by atoms with Crippen LogP contribution in [0, 0.1) is 5.92 Å². The quantitative estimate of drug-likeness (QED) is 0.175. The lowest BCUT2D eigenvalue weighted by molar-refractivity contribution is -0.105. The first-order valence-electron chi connectivity index (χ1n) is 13.9. The minimum absolute atomic E-state index is 0.0273. The van der Waals surface area contributed by atoms with Crippen molar-refractivity contribution in [1.29, 1.82) is 0 Å². The number of unbranched alkanes of at least 4 members (excludes halogenated alkanes) is 15. The van der Waals surface area contributed by atoms with Gasteiger partial charge in [-0.1, -0.05) is 117 Å². The van der Waals surface area contributed by atoms with Gasteiger partial charge in [-0.25, -0.2) is 9.80 Å². The Morgan fingerprint density at radius 1 is 0.844 bits per heavy atom. The van der Waals surface area contributed by atoms with Crippen molar-refractivity contribution in [2.75, 3.05) is 26.3 Å². The largest absolute Gasteiger partial charge is 0.449 e. The van der Waals surface area contributed by atoms with E-state index in [9.17, 15) is 4.79 Å². The Labute approximate surface area is 199 Å². The molecular formula is C27H54N2O3. The molecule has 1 fully saturated rings. The van der Waals surface area contributed by atoms with E-state index in [1.54, 1.807) is 5.01 Å². The summed E-state index contributed by atoms with van der Waals surface area (Å²) in [5, 5.41) is 3.87. The normalized spacial score (nSPS) is 16.7. The van der Waals surface area contributed by atoms with E-state index in [0.29, 0.717) is 19.1 Å². The summed E-state index contributed by atoms with van der Waals surface area (Å²) in [6, 6.07) is 0. The van der Waals surface area contributed by atoms with E-state index < -0.39 is 0 Å². The van der Waals surface area contributed by atoms with Crippen LogP contribution in [0.1, 0.15) is 130 Å². The molecule has 1 unspecified atom stereocenters. The van der Waals surface area contributed by atoms with Crippen LogP contribution in [0.2, 0.25) is 0 Å². The van der Waals surface area contributed by atoms with Crippen molar-refractivity contribution >= 4 is 6.09 Å². The fourth-order valence-corrected chi connectivity index (χ4v) is 4.61. The van der Waals surface area contributed by atoms with Crippen molar-refractivity contribution in [2.24, 2.45) is 5.92 Å². The molecule has 5 heteroatoms. The minimum Gasteiger partial charge on any atom is -0.449 e. The zero-order valence-electron chi connectivity index (χ0n) is 21.9. The van der Waals surface area contributed by atoms with Crippen LogP contribution in [0.15, 0.2) is 0 Å². The molecule has 1 aliphatic heterocycles. The topological polar surface area (TPSA) is 42.0 Å². The fraction of sp³-hybridized carbons (Fsp3) is 0.963. The number of carbonyl (C=O) groups excluding carboxylic acids is 1. The molecule has 5 nitrogen and oxygen atoms in total. The molecule has 0 aromatic rings. The van der Waals surface area contributed by atoms with E-state index in [1.165, 1.54) is 96.3 Å². The Morgan fingerprint density at radius 2 is 1.31 bits per heavy atom. The van der Waals surface area contributed by atoms with Gasteiger partial charge in [0, 0.05) is 13.1 Å². The van der Waals surface area contributed by atoms with Gasteiger partial charge in [-0.05, 0) is 19.3 Å². The zero-order valence-corrected chi connectivity index (χ0v) is 21.9. The number of nitrogens with zero attached hydrogens (tertiary/aromatic N) is 2. The Hall–Kier alpha value is -0.810. The summed E-state index contributed by atoms with van der Waals surface area (Å²) in [6.45, 7) is 11.0. The number of rotatable bonds is 20. The number of hydrogen-bond acceptors (Lipinski definition) is 4. The molecule has 1 aliphatic rings. The third kappa shape index (κ3) is 13.0. The van der Waals surface area contributed by atoms with E-state index >= 15 is 0 Å². The number of amides is 1. The maximum atomic E-state index is 12.5. The van der Waals surface area contributed by atoms with Crippen molar-refractivity contribution in [2.45, 2.75) is 137 Å². The third-order valence-corrected chi connectivity index (χ3v) is 6.49. The van der Waals surface area contributed by atoms with Crippen LogP contribution >= 0.6 is 0 Å². The average molecular weight is 455 g/mol. The summed E-state index contributed by atoms with van der Waals surface area (Å²) >= 11 is 0. The summed E-state index contributed by atoms with van der Waals surface area (Å²) in [4.78, 5) is 12.5. The van der Waals surface area contributed by atoms with Crippen LogP contribution in [0.25, 0.3) is 0 Å². The van der Waals surface area contributed by atoms with Gasteiger partial charge in [0.1, 0.15) is 6.23 Å². The Bertz CT molecular complexity index is 445. The molecule has 0 bridgehead atoms. The van der Waals surface area contributed by atoms with E-state index in [1.807, 2.05) is 6.92 Å². The Balaban J connectivity index is 2.04. The number of hydrazine groups is 1. The van der Waals surface area contributed by atoms with Crippen LogP contribution in [0.5, 0.6) is 0 Å². The molecule has 1 rings (SSSR count). The second-order valence-corrected chi connectivity index (χ2v) is 9.79. The highest BCUT2D eigenvalue weighted by Gasteiger charge is 2.35. The Kier molecular flexibility index (Phi) is 17.9. The first-order valence-corrected chi connectivity index (χ1v) is 13.9. The average Bonchev–Trinajstić information content (AvgIpc) is 3.26. The maximum absolute atomic E-state index is 12.5. The fourth-order valence-electron chi connectivity index (χ4n) is 4.61. The molecule has 0 aliphatic carbocycles. The lowest BCUT2D eigenvalue weighted by Gasteiger charge is -2.35. The zero-order chi connectivity index (χ0) is 23.4. The molecule has 0 spiro atoms. The predicted molar refractivity (Wildman–Crippen MR) is 135 cm³/mol. The van der Waals surface area contributed by atoms with Gasteiger partial charge in [0.15, 0.2) is 0 Å². The van der Waals surface area contributed by atoms with Crippen molar-refractivity contribution in [3.63, 3.8) is 0 Å². The van der Waals surface area contributed by atoms with E-state index in [2.05, 4.69) is 25.8 Å². The van der Waals surface area contributed by atoms with Gasteiger partial charge < -0.3 is 9.47 Å². The van der Waals surface area contributed by atoms with Crippen LogP contribution in [-0.4, -0.2) is 48.6 Å². The lowest BCUT2D eigenvalue weighted by atomic mass is 10.0. The van der Waals surface area contributed by atoms with E-state index in [4.69, 9.17) is 9.47 Å². The van der Waals surface area contributed by atoms with E-state index in [-0.39, 0.29) is 12.3 Å². The van der Waals surface area contributed by atoms with Crippen molar-refractivity contribution in [3.8, 4) is 0 Å². The summed E-state index contributed by atoms with van der Waals surface area (Å²) < 4.78 is 11.2. The van der Waals surface area contributed by atoms with E-state index in [0.717, 1.165) is 19.5 Å². The molecule has 1 atom stereocenters. The third-order valence-electron chi connectivity index (χ3n) is 6.49. The number of hydrogen-bond donors (Lipinski definition) is 0. The summed E-state index contributed by atoms with van der Waals surface area (Å²) in [5.41, 5.74) is 0. The highest BCUT2D eigenvalue weighted by Crippen LogP contribution is 2.22. The maximum Gasteiger partial charge on any atom is 0.424 e. The molecular weight excluding hydrogens is 400 g/mol. The van der Waals surface area contributed by atoms with Gasteiger partial charge in [-0.2, -0.15) is 5.01 Å². The highest BCUT2D eigenvalue weighted by atomic mass is 16.6. The van der Waals surface area contributed by atoms with Gasteiger partial charge >= 0.3 is 6.09 Å². The first kappa shape index (κ1) is 29.2.